The first kappa shape index (κ1) is 15.4. The number of carbonyl (C=O) groups excluding carboxylic acids is 2. The van der Waals surface area contributed by atoms with Crippen molar-refractivity contribution in [3.05, 3.63) is 11.1 Å². The van der Waals surface area contributed by atoms with Crippen molar-refractivity contribution >= 4 is 17.8 Å². The van der Waals surface area contributed by atoms with Crippen LogP contribution in [-0.2, 0) is 14.4 Å². The molecule has 0 aromatic heterocycles. The molecule has 0 fully saturated rings. The van der Waals surface area contributed by atoms with E-state index in [1.165, 1.54) is 4.90 Å². The Morgan fingerprint density at radius 3 is 2.11 bits per heavy atom. The lowest BCUT2D eigenvalue weighted by atomic mass is 9.96. The van der Waals surface area contributed by atoms with Gasteiger partial charge in [-0.2, -0.15) is 0 Å². The Morgan fingerprint density at radius 2 is 1.68 bits per heavy atom. The van der Waals surface area contributed by atoms with E-state index in [-0.39, 0.29) is 24.2 Å². The molecule has 0 spiro atoms. The van der Waals surface area contributed by atoms with E-state index in [2.05, 4.69) is 0 Å². The Balaban J connectivity index is 2.50. The van der Waals surface area contributed by atoms with Gasteiger partial charge in [0.05, 0.1) is 0 Å². The fraction of sp³-hybridized carbons (Fsp3) is 0.643. The van der Waals surface area contributed by atoms with Crippen LogP contribution in [0.15, 0.2) is 11.1 Å². The molecule has 0 bridgehead atoms. The first-order chi connectivity index (χ1) is 8.88. The fourth-order valence-corrected chi connectivity index (χ4v) is 2.21. The Bertz CT molecular complexity index is 401. The summed E-state index contributed by atoms with van der Waals surface area (Å²) in [4.78, 5) is 35.5. The maximum atomic E-state index is 11.8. The molecule has 1 rings (SSSR count). The largest absolute Gasteiger partial charge is 0.481 e. The minimum Gasteiger partial charge on any atom is -0.481 e. The van der Waals surface area contributed by atoms with Gasteiger partial charge in [-0.1, -0.05) is 13.3 Å². The Hall–Kier alpha value is -1.65. The lowest BCUT2D eigenvalue weighted by Gasteiger charge is -2.19. The third kappa shape index (κ3) is 3.66. The number of aliphatic carboxylic acids is 1. The van der Waals surface area contributed by atoms with Gasteiger partial charge in [0.1, 0.15) is 0 Å². The summed E-state index contributed by atoms with van der Waals surface area (Å²) in [7, 11) is 0. The van der Waals surface area contributed by atoms with Crippen LogP contribution < -0.4 is 0 Å². The van der Waals surface area contributed by atoms with Crippen molar-refractivity contribution < 1.29 is 19.5 Å². The van der Waals surface area contributed by atoms with Gasteiger partial charge < -0.3 is 5.11 Å². The second-order valence-corrected chi connectivity index (χ2v) is 5.01. The van der Waals surface area contributed by atoms with Gasteiger partial charge in [0.2, 0.25) is 0 Å². The molecule has 0 saturated heterocycles. The average Bonchev–Trinajstić information content (AvgIpc) is 2.55. The monoisotopic (exact) mass is 267 g/mol. The molecule has 0 aromatic rings. The number of imide groups is 1. The van der Waals surface area contributed by atoms with Gasteiger partial charge >= 0.3 is 5.97 Å². The normalized spacial score (nSPS) is 17.3. The maximum Gasteiger partial charge on any atom is 0.303 e. The summed E-state index contributed by atoms with van der Waals surface area (Å²) in [6, 6.07) is 0. The van der Waals surface area contributed by atoms with E-state index in [0.717, 1.165) is 6.42 Å². The number of hydrogen-bond donors (Lipinski definition) is 1. The molecule has 2 amide bonds. The van der Waals surface area contributed by atoms with Gasteiger partial charge in [-0.05, 0) is 32.6 Å². The molecular formula is C14H21NO4. The van der Waals surface area contributed by atoms with Crippen molar-refractivity contribution in [2.24, 2.45) is 5.92 Å². The van der Waals surface area contributed by atoms with Crippen LogP contribution in [0.2, 0.25) is 0 Å². The van der Waals surface area contributed by atoms with Crippen molar-refractivity contribution in [2.45, 2.75) is 46.5 Å². The van der Waals surface area contributed by atoms with E-state index in [1.54, 1.807) is 13.8 Å². The van der Waals surface area contributed by atoms with Crippen LogP contribution in [0.25, 0.3) is 0 Å². The van der Waals surface area contributed by atoms with Gasteiger partial charge in [0.15, 0.2) is 0 Å². The van der Waals surface area contributed by atoms with Crippen molar-refractivity contribution in [1.29, 1.82) is 0 Å². The Labute approximate surface area is 113 Å². The molecule has 106 valence electrons. The average molecular weight is 267 g/mol. The summed E-state index contributed by atoms with van der Waals surface area (Å²) in [6.07, 6.45) is 2.25. The Kier molecular flexibility index (Phi) is 5.27. The smallest absolute Gasteiger partial charge is 0.303 e. The summed E-state index contributed by atoms with van der Waals surface area (Å²) in [5.41, 5.74) is 1.03. The number of amides is 2. The number of carboxylic acid groups (broad SMARTS) is 1. The molecule has 5 nitrogen and oxygen atoms in total. The number of hydrogen-bond acceptors (Lipinski definition) is 3. The van der Waals surface area contributed by atoms with Crippen LogP contribution in [0.3, 0.4) is 0 Å². The number of carbonyl (C=O) groups is 3. The predicted octanol–water partition coefficient (Wildman–Crippen LogP) is 1.97. The lowest BCUT2D eigenvalue weighted by molar-refractivity contribution is -0.139. The first-order valence-electron chi connectivity index (χ1n) is 6.63. The molecule has 1 unspecified atom stereocenters. The van der Waals surface area contributed by atoms with Gasteiger partial charge in [-0.15, -0.1) is 0 Å². The third-order valence-corrected chi connectivity index (χ3v) is 3.80. The summed E-state index contributed by atoms with van der Waals surface area (Å²) in [5.74, 6) is -0.996. The molecular weight excluding hydrogens is 246 g/mol. The molecule has 1 atom stereocenters. The highest BCUT2D eigenvalue weighted by molar-refractivity contribution is 6.18. The van der Waals surface area contributed by atoms with E-state index in [9.17, 15) is 14.4 Å². The van der Waals surface area contributed by atoms with Crippen molar-refractivity contribution in [3.8, 4) is 0 Å². The van der Waals surface area contributed by atoms with Crippen LogP contribution in [0.5, 0.6) is 0 Å². The Morgan fingerprint density at radius 1 is 1.16 bits per heavy atom. The molecule has 0 radical (unpaired) electrons. The number of carboxylic acids is 1. The van der Waals surface area contributed by atoms with E-state index >= 15 is 0 Å². The van der Waals surface area contributed by atoms with Gasteiger partial charge in [0.25, 0.3) is 11.8 Å². The van der Waals surface area contributed by atoms with Crippen molar-refractivity contribution in [3.63, 3.8) is 0 Å². The van der Waals surface area contributed by atoms with Crippen LogP contribution in [-0.4, -0.2) is 34.3 Å². The minimum atomic E-state index is -0.805. The number of rotatable bonds is 7. The van der Waals surface area contributed by atoms with E-state index in [1.807, 2.05) is 6.92 Å². The quantitative estimate of drug-likeness (QED) is 0.716. The highest BCUT2D eigenvalue weighted by Gasteiger charge is 2.33. The highest BCUT2D eigenvalue weighted by Crippen LogP contribution is 2.22. The van der Waals surface area contributed by atoms with Crippen LogP contribution in [0.4, 0.5) is 0 Å². The van der Waals surface area contributed by atoms with Crippen LogP contribution >= 0.6 is 0 Å². The highest BCUT2D eigenvalue weighted by atomic mass is 16.4. The third-order valence-electron chi connectivity index (χ3n) is 3.80. The van der Waals surface area contributed by atoms with E-state index in [0.29, 0.717) is 30.5 Å². The van der Waals surface area contributed by atoms with Crippen LogP contribution in [0.1, 0.15) is 46.5 Å². The zero-order chi connectivity index (χ0) is 14.6. The van der Waals surface area contributed by atoms with Crippen molar-refractivity contribution in [2.75, 3.05) is 6.54 Å². The molecule has 0 aliphatic carbocycles. The molecule has 1 N–H and O–H groups in total. The summed E-state index contributed by atoms with van der Waals surface area (Å²) in [6.45, 7) is 5.70. The minimum absolute atomic E-state index is 0.136. The molecule has 0 saturated carbocycles. The van der Waals surface area contributed by atoms with Crippen molar-refractivity contribution in [1.82, 2.24) is 4.90 Å². The summed E-state index contributed by atoms with van der Waals surface area (Å²) < 4.78 is 0. The molecule has 19 heavy (non-hydrogen) atoms. The maximum absolute atomic E-state index is 11.8. The SMILES string of the molecule is CCC(CCC(=O)O)CCN1C(=O)C(C)=C(C)C1=O. The fourth-order valence-electron chi connectivity index (χ4n) is 2.21. The molecule has 1 heterocycles. The molecule has 1 aliphatic rings. The van der Waals surface area contributed by atoms with Gasteiger partial charge in [-0.25, -0.2) is 0 Å². The van der Waals surface area contributed by atoms with Crippen LogP contribution in [0, 0.1) is 5.92 Å². The van der Waals surface area contributed by atoms with Gasteiger partial charge in [-0.3, -0.25) is 19.3 Å². The zero-order valence-electron chi connectivity index (χ0n) is 11.7. The second-order valence-electron chi connectivity index (χ2n) is 5.01. The van der Waals surface area contributed by atoms with E-state index < -0.39 is 5.97 Å². The van der Waals surface area contributed by atoms with E-state index in [4.69, 9.17) is 5.11 Å². The summed E-state index contributed by atoms with van der Waals surface area (Å²) >= 11 is 0. The van der Waals surface area contributed by atoms with Gasteiger partial charge in [0, 0.05) is 24.1 Å². The summed E-state index contributed by atoms with van der Waals surface area (Å²) in [5, 5.41) is 8.67. The number of nitrogens with zero attached hydrogens (tertiary/aromatic N) is 1. The first-order valence-corrected chi connectivity index (χ1v) is 6.63. The molecule has 1 aliphatic heterocycles. The standard InChI is InChI=1S/C14H21NO4/c1-4-11(5-6-12(16)17)7-8-15-13(18)9(2)10(3)14(15)19/h11H,4-8H2,1-3H3,(H,16,17). The molecule has 5 heteroatoms. The predicted molar refractivity (Wildman–Crippen MR) is 70.4 cm³/mol. The topological polar surface area (TPSA) is 74.7 Å². The molecule has 0 aromatic carbocycles. The second kappa shape index (κ2) is 6.50. The lowest BCUT2D eigenvalue weighted by Crippen LogP contribution is -2.33. The zero-order valence-corrected chi connectivity index (χ0v) is 11.7.